The van der Waals surface area contributed by atoms with Crippen molar-refractivity contribution < 1.29 is 9.47 Å². The minimum atomic E-state index is -0.170. The van der Waals surface area contributed by atoms with E-state index in [1.165, 1.54) is 11.1 Å². The van der Waals surface area contributed by atoms with Crippen molar-refractivity contribution in [1.29, 1.82) is 5.26 Å². The molecule has 22 heavy (non-hydrogen) atoms. The highest BCUT2D eigenvalue weighted by molar-refractivity contribution is 5.34. The van der Waals surface area contributed by atoms with Gasteiger partial charge in [0.2, 0.25) is 0 Å². The average molecular weight is 295 g/mol. The summed E-state index contributed by atoms with van der Waals surface area (Å²) in [6.45, 7) is 4.62. The van der Waals surface area contributed by atoms with E-state index < -0.39 is 0 Å². The highest BCUT2D eigenvalue weighted by Gasteiger charge is 2.11. The molecule has 1 unspecified atom stereocenters. The third-order valence-corrected chi connectivity index (χ3v) is 3.54. The van der Waals surface area contributed by atoms with Crippen LogP contribution in [0.25, 0.3) is 0 Å². The van der Waals surface area contributed by atoms with Crippen molar-refractivity contribution in [2.45, 2.75) is 26.2 Å². The van der Waals surface area contributed by atoms with Crippen LogP contribution in [0.4, 0.5) is 0 Å². The van der Waals surface area contributed by atoms with Crippen LogP contribution in [0.15, 0.2) is 42.5 Å². The van der Waals surface area contributed by atoms with Gasteiger partial charge in [0, 0.05) is 6.42 Å². The molecule has 0 spiro atoms. The number of aryl methyl sites for hydroxylation is 2. The lowest BCUT2D eigenvalue weighted by Crippen LogP contribution is -2.05. The number of hydrogen-bond acceptors (Lipinski definition) is 3. The average Bonchev–Trinajstić information content (AvgIpc) is 2.51. The predicted molar refractivity (Wildman–Crippen MR) is 87.4 cm³/mol. The van der Waals surface area contributed by atoms with Crippen molar-refractivity contribution in [2.75, 3.05) is 13.7 Å². The Labute approximate surface area is 132 Å². The number of nitriles is 1. The van der Waals surface area contributed by atoms with Crippen molar-refractivity contribution in [3.8, 4) is 17.6 Å². The molecule has 0 aromatic heterocycles. The van der Waals surface area contributed by atoms with Gasteiger partial charge in [0.25, 0.3) is 0 Å². The minimum absolute atomic E-state index is 0.170. The Morgan fingerprint density at radius 2 is 1.64 bits per heavy atom. The maximum atomic E-state index is 9.35. The Morgan fingerprint density at radius 3 is 2.18 bits per heavy atom. The van der Waals surface area contributed by atoms with Gasteiger partial charge in [0.05, 0.1) is 25.7 Å². The Bertz CT molecular complexity index is 636. The summed E-state index contributed by atoms with van der Waals surface area (Å²) in [7, 11) is 1.63. The van der Waals surface area contributed by atoms with Gasteiger partial charge in [-0.1, -0.05) is 18.2 Å². The van der Waals surface area contributed by atoms with Gasteiger partial charge in [-0.05, 0) is 54.8 Å². The highest BCUT2D eigenvalue weighted by Crippen LogP contribution is 2.23. The summed E-state index contributed by atoms with van der Waals surface area (Å²) in [5.41, 5.74) is 3.36. The molecule has 0 heterocycles. The van der Waals surface area contributed by atoms with Crippen LogP contribution in [-0.2, 0) is 0 Å². The van der Waals surface area contributed by atoms with Crippen molar-refractivity contribution in [1.82, 2.24) is 0 Å². The molecular weight excluding hydrogens is 274 g/mol. The first-order chi connectivity index (χ1) is 10.6. The van der Waals surface area contributed by atoms with Gasteiger partial charge >= 0.3 is 0 Å². The Kier molecular flexibility index (Phi) is 5.43. The Balaban J connectivity index is 1.94. The lowest BCUT2D eigenvalue weighted by molar-refractivity contribution is 0.305. The monoisotopic (exact) mass is 295 g/mol. The van der Waals surface area contributed by atoms with Crippen LogP contribution in [-0.4, -0.2) is 13.7 Å². The molecule has 0 aliphatic heterocycles. The van der Waals surface area contributed by atoms with E-state index in [2.05, 4.69) is 26.0 Å². The fourth-order valence-electron chi connectivity index (χ4n) is 2.45. The third kappa shape index (κ3) is 4.26. The molecule has 3 nitrogen and oxygen atoms in total. The zero-order valence-corrected chi connectivity index (χ0v) is 13.3. The van der Waals surface area contributed by atoms with Gasteiger partial charge < -0.3 is 9.47 Å². The molecule has 1 atom stereocenters. The summed E-state index contributed by atoms with van der Waals surface area (Å²) in [5.74, 6) is 1.49. The second-order valence-corrected chi connectivity index (χ2v) is 5.42. The molecule has 114 valence electrons. The first kappa shape index (κ1) is 15.9. The number of nitrogens with zero attached hydrogens (tertiary/aromatic N) is 1. The maximum absolute atomic E-state index is 9.35. The second kappa shape index (κ2) is 7.51. The summed E-state index contributed by atoms with van der Waals surface area (Å²) in [6, 6.07) is 16.1. The molecule has 0 N–H and O–H groups in total. The minimum Gasteiger partial charge on any atom is -0.497 e. The standard InChI is InChI=1S/C19H21NO2/c1-14-10-15(2)12-19(11-14)22-9-8-17(13-20)16-4-6-18(21-3)7-5-16/h4-7,10-12,17H,8-9H2,1-3H3. The normalized spacial score (nSPS) is 11.5. The first-order valence-corrected chi connectivity index (χ1v) is 7.37. The van der Waals surface area contributed by atoms with E-state index in [1.807, 2.05) is 36.4 Å². The zero-order chi connectivity index (χ0) is 15.9. The lowest BCUT2D eigenvalue weighted by atomic mass is 9.97. The number of ether oxygens (including phenoxy) is 2. The largest absolute Gasteiger partial charge is 0.497 e. The summed E-state index contributed by atoms with van der Waals surface area (Å²) in [6.07, 6.45) is 0.663. The van der Waals surface area contributed by atoms with Gasteiger partial charge in [-0.2, -0.15) is 5.26 Å². The van der Waals surface area contributed by atoms with E-state index in [9.17, 15) is 5.26 Å². The molecule has 2 aromatic carbocycles. The van der Waals surface area contributed by atoms with Gasteiger partial charge in [0.1, 0.15) is 11.5 Å². The zero-order valence-electron chi connectivity index (χ0n) is 13.3. The molecule has 0 bridgehead atoms. The van der Waals surface area contributed by atoms with Gasteiger partial charge in [0.15, 0.2) is 0 Å². The number of benzene rings is 2. The maximum Gasteiger partial charge on any atom is 0.119 e. The molecule has 0 amide bonds. The van der Waals surface area contributed by atoms with Gasteiger partial charge in [-0.3, -0.25) is 0 Å². The molecule has 0 saturated carbocycles. The number of rotatable bonds is 6. The summed E-state index contributed by atoms with van der Waals surface area (Å²) < 4.78 is 10.9. The van der Waals surface area contributed by atoms with Crippen molar-refractivity contribution in [3.63, 3.8) is 0 Å². The summed E-state index contributed by atoms with van der Waals surface area (Å²) >= 11 is 0. The lowest BCUT2D eigenvalue weighted by Gasteiger charge is -2.12. The Morgan fingerprint density at radius 1 is 1.00 bits per heavy atom. The van der Waals surface area contributed by atoms with Crippen LogP contribution in [0.1, 0.15) is 29.0 Å². The third-order valence-electron chi connectivity index (χ3n) is 3.54. The van der Waals surface area contributed by atoms with Gasteiger partial charge in [-0.25, -0.2) is 0 Å². The van der Waals surface area contributed by atoms with E-state index in [4.69, 9.17) is 9.47 Å². The fraction of sp³-hybridized carbons (Fsp3) is 0.316. The van der Waals surface area contributed by atoms with Crippen molar-refractivity contribution in [2.24, 2.45) is 0 Å². The van der Waals surface area contributed by atoms with Crippen LogP contribution in [0, 0.1) is 25.2 Å². The van der Waals surface area contributed by atoms with E-state index in [0.717, 1.165) is 17.1 Å². The van der Waals surface area contributed by atoms with Crippen LogP contribution in [0.3, 0.4) is 0 Å². The van der Waals surface area contributed by atoms with Crippen LogP contribution >= 0.6 is 0 Å². The molecule has 3 heteroatoms. The first-order valence-electron chi connectivity index (χ1n) is 7.37. The van der Waals surface area contributed by atoms with E-state index in [0.29, 0.717) is 13.0 Å². The smallest absolute Gasteiger partial charge is 0.119 e. The molecule has 0 aliphatic carbocycles. The van der Waals surface area contributed by atoms with Crippen LogP contribution < -0.4 is 9.47 Å². The topological polar surface area (TPSA) is 42.2 Å². The molecule has 0 fully saturated rings. The molecular formula is C19H21NO2. The second-order valence-electron chi connectivity index (χ2n) is 5.42. The molecule has 2 rings (SSSR count). The number of hydrogen-bond donors (Lipinski definition) is 0. The summed E-state index contributed by atoms with van der Waals surface area (Å²) in [5, 5.41) is 9.35. The van der Waals surface area contributed by atoms with Crippen LogP contribution in [0.5, 0.6) is 11.5 Å². The fourth-order valence-corrected chi connectivity index (χ4v) is 2.45. The van der Waals surface area contributed by atoms with Gasteiger partial charge in [-0.15, -0.1) is 0 Å². The quantitative estimate of drug-likeness (QED) is 0.793. The molecule has 0 saturated heterocycles. The van der Waals surface area contributed by atoms with Crippen molar-refractivity contribution in [3.05, 3.63) is 59.2 Å². The van der Waals surface area contributed by atoms with Crippen LogP contribution in [0.2, 0.25) is 0 Å². The highest BCUT2D eigenvalue weighted by atomic mass is 16.5. The van der Waals surface area contributed by atoms with E-state index >= 15 is 0 Å². The van der Waals surface area contributed by atoms with E-state index in [-0.39, 0.29) is 5.92 Å². The van der Waals surface area contributed by atoms with E-state index in [1.54, 1.807) is 7.11 Å². The van der Waals surface area contributed by atoms with Crippen molar-refractivity contribution >= 4 is 0 Å². The molecule has 0 radical (unpaired) electrons. The molecule has 2 aromatic rings. The predicted octanol–water partition coefficient (Wildman–Crippen LogP) is 4.39. The number of methoxy groups -OCH3 is 1. The Hall–Kier alpha value is -2.47. The SMILES string of the molecule is COc1ccc(C(C#N)CCOc2cc(C)cc(C)c2)cc1. The molecule has 0 aliphatic rings. The summed E-state index contributed by atoms with van der Waals surface area (Å²) in [4.78, 5) is 0.